The second kappa shape index (κ2) is 12.7. The van der Waals surface area contributed by atoms with E-state index >= 15 is 0 Å². The number of carbonyl (C=O) groups excluding carboxylic acids is 1. The molecule has 0 radical (unpaired) electrons. The number of alkyl halides is 6. The first-order valence-electron chi connectivity index (χ1n) is 15.5. The second-order valence-electron chi connectivity index (χ2n) is 12.1. The van der Waals surface area contributed by atoms with E-state index in [0.29, 0.717) is 42.6 Å². The number of carbonyl (C=O) groups is 1. The summed E-state index contributed by atoms with van der Waals surface area (Å²) in [6.45, 7) is 4.79. The van der Waals surface area contributed by atoms with Crippen molar-refractivity contribution < 1.29 is 45.7 Å². The zero-order valence-electron chi connectivity index (χ0n) is 25.9. The molecule has 6 nitrogen and oxygen atoms in total. The van der Waals surface area contributed by atoms with Crippen molar-refractivity contribution >= 4 is 16.7 Å². The fourth-order valence-corrected chi connectivity index (χ4v) is 6.62. The number of fused-ring (bicyclic) bond motifs is 2. The van der Waals surface area contributed by atoms with Gasteiger partial charge in [-0.25, -0.2) is 0 Å². The molecule has 46 heavy (non-hydrogen) atoms. The Morgan fingerprint density at radius 2 is 1.65 bits per heavy atom. The van der Waals surface area contributed by atoms with E-state index < -0.39 is 42.0 Å². The number of rotatable bonds is 11. The third kappa shape index (κ3) is 5.73. The molecule has 12 heteroatoms. The number of aryl methyl sites for hydroxylation is 1. The Morgan fingerprint density at radius 3 is 2.30 bits per heavy atom. The van der Waals surface area contributed by atoms with Crippen LogP contribution in [0, 0.1) is 0 Å². The van der Waals surface area contributed by atoms with Gasteiger partial charge < -0.3 is 19.5 Å². The van der Waals surface area contributed by atoms with Gasteiger partial charge in [-0.15, -0.1) is 0 Å². The molecule has 1 saturated heterocycles. The number of nitrogens with one attached hydrogen (secondary N) is 1. The van der Waals surface area contributed by atoms with Crippen LogP contribution in [0.3, 0.4) is 0 Å². The van der Waals surface area contributed by atoms with Crippen LogP contribution >= 0.6 is 0 Å². The van der Waals surface area contributed by atoms with Crippen LogP contribution in [0.1, 0.15) is 74.3 Å². The molecule has 0 aliphatic carbocycles. The largest absolute Gasteiger partial charge is 0.493 e. The Labute approximate surface area is 263 Å². The van der Waals surface area contributed by atoms with Crippen molar-refractivity contribution in [2.45, 2.75) is 95.7 Å². The molecule has 2 heterocycles. The molecule has 1 amide bonds. The van der Waals surface area contributed by atoms with Crippen molar-refractivity contribution in [2.75, 3.05) is 13.2 Å². The van der Waals surface area contributed by atoms with Gasteiger partial charge >= 0.3 is 12.4 Å². The molecule has 250 valence electrons. The summed E-state index contributed by atoms with van der Waals surface area (Å²) in [5.74, 6) is 0.0112. The van der Waals surface area contributed by atoms with Crippen LogP contribution in [-0.2, 0) is 40.1 Å². The Bertz CT molecular complexity index is 1580. The van der Waals surface area contributed by atoms with Gasteiger partial charge in [-0.05, 0) is 72.2 Å². The van der Waals surface area contributed by atoms with E-state index in [-0.39, 0.29) is 43.0 Å². The van der Waals surface area contributed by atoms with Crippen molar-refractivity contribution in [3.05, 3.63) is 76.3 Å². The van der Waals surface area contributed by atoms with Crippen LogP contribution in [0.5, 0.6) is 5.75 Å². The van der Waals surface area contributed by atoms with Crippen molar-refractivity contribution in [1.29, 1.82) is 0 Å². The maximum Gasteiger partial charge on any atom is 0.430 e. The van der Waals surface area contributed by atoms with Crippen LogP contribution in [0.4, 0.5) is 26.3 Å². The minimum Gasteiger partial charge on any atom is -0.493 e. The summed E-state index contributed by atoms with van der Waals surface area (Å²) >= 11 is 0. The smallest absolute Gasteiger partial charge is 0.430 e. The van der Waals surface area contributed by atoms with Crippen LogP contribution < -0.4 is 10.1 Å². The first-order chi connectivity index (χ1) is 21.7. The lowest BCUT2D eigenvalue weighted by Crippen LogP contribution is -2.53. The fourth-order valence-electron chi connectivity index (χ4n) is 6.62. The SMILES string of the molecule is CCCc1cc2c(c(CCC)c1OCCCCN1C(=O)C(C)(c3ccc4ccccc4c3)NC1O)COC2(C(F)(F)F)C(F)(F)F. The van der Waals surface area contributed by atoms with Gasteiger partial charge in [0.1, 0.15) is 11.3 Å². The summed E-state index contributed by atoms with van der Waals surface area (Å²) in [6.07, 6.45) is -10.4. The number of amides is 1. The molecule has 0 spiro atoms. The lowest BCUT2D eigenvalue weighted by atomic mass is 9.84. The molecule has 0 bridgehead atoms. The Kier molecular flexibility index (Phi) is 9.38. The van der Waals surface area contributed by atoms with Gasteiger partial charge in [0.05, 0.1) is 13.2 Å². The van der Waals surface area contributed by atoms with Gasteiger partial charge in [-0.1, -0.05) is 63.1 Å². The van der Waals surface area contributed by atoms with Crippen molar-refractivity contribution in [3.63, 3.8) is 0 Å². The highest BCUT2D eigenvalue weighted by molar-refractivity contribution is 5.92. The van der Waals surface area contributed by atoms with Crippen molar-refractivity contribution in [3.8, 4) is 5.75 Å². The lowest BCUT2D eigenvalue weighted by Gasteiger charge is -2.34. The van der Waals surface area contributed by atoms with Gasteiger partial charge in [-0.3, -0.25) is 10.1 Å². The molecular formula is C34H38F6N2O4. The van der Waals surface area contributed by atoms with Crippen LogP contribution in [0.25, 0.3) is 10.8 Å². The molecule has 3 aromatic rings. The topological polar surface area (TPSA) is 71.0 Å². The molecule has 0 saturated carbocycles. The third-order valence-corrected chi connectivity index (χ3v) is 8.97. The first-order valence-corrected chi connectivity index (χ1v) is 15.5. The molecule has 2 atom stereocenters. The zero-order chi connectivity index (χ0) is 33.5. The van der Waals surface area contributed by atoms with Crippen LogP contribution in [0.15, 0.2) is 48.5 Å². The van der Waals surface area contributed by atoms with Crippen molar-refractivity contribution in [2.24, 2.45) is 0 Å². The number of hydrogen-bond acceptors (Lipinski definition) is 5. The lowest BCUT2D eigenvalue weighted by molar-refractivity contribution is -0.385. The minimum absolute atomic E-state index is 0.115. The maximum atomic E-state index is 14.1. The predicted octanol–water partition coefficient (Wildman–Crippen LogP) is 7.38. The number of nitrogens with zero attached hydrogens (tertiary/aromatic N) is 1. The molecule has 0 aromatic heterocycles. The Balaban J connectivity index is 1.31. The number of hydrogen-bond donors (Lipinski definition) is 2. The quantitative estimate of drug-likeness (QED) is 0.167. The highest BCUT2D eigenvalue weighted by Gasteiger charge is 2.76. The average Bonchev–Trinajstić information content (AvgIpc) is 3.50. The Morgan fingerprint density at radius 1 is 0.978 bits per heavy atom. The van der Waals surface area contributed by atoms with E-state index in [4.69, 9.17) is 4.74 Å². The highest BCUT2D eigenvalue weighted by Crippen LogP contribution is 2.58. The Hall–Kier alpha value is -3.35. The molecule has 1 fully saturated rings. The highest BCUT2D eigenvalue weighted by atomic mass is 19.4. The normalized spacial score (nSPS) is 21.3. The summed E-state index contributed by atoms with van der Waals surface area (Å²) in [4.78, 5) is 14.8. The third-order valence-electron chi connectivity index (χ3n) is 8.97. The van der Waals surface area contributed by atoms with Crippen LogP contribution in [-0.4, -0.2) is 47.8 Å². The summed E-state index contributed by atoms with van der Waals surface area (Å²) in [7, 11) is 0. The van der Waals surface area contributed by atoms with Crippen LogP contribution in [0.2, 0.25) is 0 Å². The zero-order valence-corrected chi connectivity index (χ0v) is 25.9. The van der Waals surface area contributed by atoms with Gasteiger partial charge in [0.2, 0.25) is 5.91 Å². The first kappa shape index (κ1) is 34.0. The number of unbranched alkanes of at least 4 members (excludes halogenated alkanes) is 1. The summed E-state index contributed by atoms with van der Waals surface area (Å²) in [5.41, 5.74) is -5.27. The number of benzene rings is 3. The minimum atomic E-state index is -5.71. The number of aliphatic hydroxyl groups excluding tert-OH is 1. The molecule has 2 unspecified atom stereocenters. The molecule has 2 aliphatic rings. The maximum absolute atomic E-state index is 14.1. The van der Waals surface area contributed by atoms with E-state index in [1.807, 2.05) is 42.5 Å². The van der Waals surface area contributed by atoms with Gasteiger partial charge in [0.15, 0.2) is 6.35 Å². The van der Waals surface area contributed by atoms with E-state index in [2.05, 4.69) is 10.1 Å². The van der Waals surface area contributed by atoms with Gasteiger partial charge in [0, 0.05) is 17.7 Å². The van der Waals surface area contributed by atoms with E-state index in [1.54, 1.807) is 20.8 Å². The summed E-state index contributed by atoms with van der Waals surface area (Å²) < 4.78 is 95.2. The predicted molar refractivity (Wildman–Crippen MR) is 160 cm³/mol. The molecule has 5 rings (SSSR count). The molecule has 2 N–H and O–H groups in total. The molecule has 3 aromatic carbocycles. The standard InChI is InChI=1S/C34H38F6N2O4/c1-4-10-23-19-27-26(20-46-32(27,33(35,36)37)34(38,39)40)25(11-5-2)28(23)45-17-9-8-16-42-29(43)31(3,41-30(42)44)24-15-14-21-12-6-7-13-22(21)18-24/h6-7,12-15,18-19,30,41,44H,4-5,8-11,16-17,20H2,1-3H3. The summed E-state index contributed by atoms with van der Waals surface area (Å²) in [6, 6.07) is 14.4. The van der Waals surface area contributed by atoms with Gasteiger partial charge in [-0.2, -0.15) is 26.3 Å². The van der Waals surface area contributed by atoms with E-state index in [9.17, 15) is 36.2 Å². The summed E-state index contributed by atoms with van der Waals surface area (Å²) in [5, 5.41) is 15.7. The number of aliphatic hydroxyl groups is 1. The van der Waals surface area contributed by atoms with Gasteiger partial charge in [0.25, 0.3) is 5.60 Å². The fraction of sp³-hybridized carbons (Fsp3) is 0.500. The average molecular weight is 653 g/mol. The van der Waals surface area contributed by atoms with E-state index in [1.165, 1.54) is 4.90 Å². The number of halogens is 6. The van der Waals surface area contributed by atoms with E-state index in [0.717, 1.165) is 16.8 Å². The number of ether oxygens (including phenoxy) is 2. The molecule has 2 aliphatic heterocycles. The second-order valence-corrected chi connectivity index (χ2v) is 12.1. The van der Waals surface area contributed by atoms with Crippen molar-refractivity contribution in [1.82, 2.24) is 10.2 Å². The molecular weight excluding hydrogens is 614 g/mol. The monoisotopic (exact) mass is 652 g/mol.